The van der Waals surface area contributed by atoms with Gasteiger partial charge in [0.05, 0.1) is 5.69 Å². The van der Waals surface area contributed by atoms with Crippen LogP contribution in [0.2, 0.25) is 0 Å². The maximum Gasteiger partial charge on any atom is 0.251 e. The Hall–Kier alpha value is -1.16. The molecule has 1 aromatic rings. The van der Waals surface area contributed by atoms with Crippen molar-refractivity contribution in [3.63, 3.8) is 0 Å². The van der Waals surface area contributed by atoms with Crippen LogP contribution in [0.1, 0.15) is 37.7 Å². The highest BCUT2D eigenvalue weighted by atomic mass is 16.5. The molecule has 0 amide bonds. The molecule has 0 aromatic carbocycles. The fourth-order valence-corrected chi connectivity index (χ4v) is 1.94. The van der Waals surface area contributed by atoms with Crippen LogP contribution in [0.25, 0.3) is 0 Å². The standard InChI is InChI=1S/C12H18N2O2/c1-8(2)10-6-12(15)14-11(13-10)5-9-3-4-16-7-9/h6,8-9H,3-5,7H2,1-2H3,(H,13,14,15). The van der Waals surface area contributed by atoms with E-state index in [0.717, 1.165) is 37.6 Å². The summed E-state index contributed by atoms with van der Waals surface area (Å²) in [6.45, 7) is 5.71. The van der Waals surface area contributed by atoms with Crippen LogP contribution >= 0.6 is 0 Å². The van der Waals surface area contributed by atoms with Crippen molar-refractivity contribution >= 4 is 0 Å². The third-order valence-corrected chi connectivity index (χ3v) is 2.91. The molecule has 1 aromatic heterocycles. The van der Waals surface area contributed by atoms with Crippen LogP contribution in [-0.2, 0) is 11.2 Å². The van der Waals surface area contributed by atoms with E-state index in [1.807, 2.05) is 13.8 Å². The van der Waals surface area contributed by atoms with Gasteiger partial charge in [-0.1, -0.05) is 13.8 Å². The lowest BCUT2D eigenvalue weighted by Gasteiger charge is -2.09. The molecule has 4 heteroatoms. The van der Waals surface area contributed by atoms with Crippen molar-refractivity contribution in [2.24, 2.45) is 5.92 Å². The van der Waals surface area contributed by atoms with Crippen molar-refractivity contribution < 1.29 is 4.74 Å². The van der Waals surface area contributed by atoms with Crippen molar-refractivity contribution in [2.75, 3.05) is 13.2 Å². The zero-order valence-corrected chi connectivity index (χ0v) is 9.82. The minimum absolute atomic E-state index is 0.0485. The van der Waals surface area contributed by atoms with E-state index in [1.54, 1.807) is 6.07 Å². The van der Waals surface area contributed by atoms with Crippen LogP contribution in [0, 0.1) is 5.92 Å². The molecule has 1 saturated heterocycles. The molecule has 1 aliphatic heterocycles. The predicted octanol–water partition coefficient (Wildman–Crippen LogP) is 1.47. The molecule has 1 fully saturated rings. The molecular formula is C12H18N2O2. The van der Waals surface area contributed by atoms with Gasteiger partial charge >= 0.3 is 0 Å². The summed E-state index contributed by atoms with van der Waals surface area (Å²) in [4.78, 5) is 18.8. The largest absolute Gasteiger partial charge is 0.381 e. The first kappa shape index (κ1) is 11.3. The topological polar surface area (TPSA) is 55.0 Å². The first-order valence-electron chi connectivity index (χ1n) is 5.83. The second-order valence-electron chi connectivity index (χ2n) is 4.71. The number of aromatic amines is 1. The average molecular weight is 222 g/mol. The lowest BCUT2D eigenvalue weighted by molar-refractivity contribution is 0.185. The summed E-state index contributed by atoms with van der Waals surface area (Å²) >= 11 is 0. The predicted molar refractivity (Wildman–Crippen MR) is 61.6 cm³/mol. The SMILES string of the molecule is CC(C)c1cc(=O)[nH]c(CC2CCOC2)n1. The average Bonchev–Trinajstić information content (AvgIpc) is 2.69. The van der Waals surface area contributed by atoms with Crippen LogP contribution in [0.15, 0.2) is 10.9 Å². The maximum absolute atomic E-state index is 11.5. The number of ether oxygens (including phenoxy) is 1. The summed E-state index contributed by atoms with van der Waals surface area (Å²) in [5.74, 6) is 1.60. The van der Waals surface area contributed by atoms with Gasteiger partial charge < -0.3 is 9.72 Å². The van der Waals surface area contributed by atoms with E-state index in [-0.39, 0.29) is 5.56 Å². The van der Waals surface area contributed by atoms with Gasteiger partial charge in [-0.25, -0.2) is 4.98 Å². The van der Waals surface area contributed by atoms with Gasteiger partial charge in [0.2, 0.25) is 0 Å². The molecule has 1 N–H and O–H groups in total. The minimum atomic E-state index is -0.0485. The van der Waals surface area contributed by atoms with Gasteiger partial charge in [0.25, 0.3) is 5.56 Å². The summed E-state index contributed by atoms with van der Waals surface area (Å²) in [5.41, 5.74) is 0.824. The van der Waals surface area contributed by atoms with E-state index in [0.29, 0.717) is 11.8 Å². The Bertz CT molecular complexity index is 406. The number of hydrogen-bond acceptors (Lipinski definition) is 3. The number of hydrogen-bond donors (Lipinski definition) is 1. The number of nitrogens with zero attached hydrogens (tertiary/aromatic N) is 1. The van der Waals surface area contributed by atoms with Crippen molar-refractivity contribution in [3.8, 4) is 0 Å². The molecule has 16 heavy (non-hydrogen) atoms. The van der Waals surface area contributed by atoms with Crippen molar-refractivity contribution in [1.29, 1.82) is 0 Å². The van der Waals surface area contributed by atoms with Crippen LogP contribution in [0.4, 0.5) is 0 Å². The van der Waals surface area contributed by atoms with Crippen LogP contribution in [0.3, 0.4) is 0 Å². The van der Waals surface area contributed by atoms with E-state index in [9.17, 15) is 4.79 Å². The van der Waals surface area contributed by atoms with E-state index < -0.39 is 0 Å². The Morgan fingerprint density at radius 1 is 1.62 bits per heavy atom. The fraction of sp³-hybridized carbons (Fsp3) is 0.667. The van der Waals surface area contributed by atoms with Crippen molar-refractivity contribution in [2.45, 2.75) is 32.6 Å². The molecule has 4 nitrogen and oxygen atoms in total. The Morgan fingerprint density at radius 2 is 2.44 bits per heavy atom. The van der Waals surface area contributed by atoms with E-state index >= 15 is 0 Å². The summed E-state index contributed by atoms with van der Waals surface area (Å²) in [7, 11) is 0. The smallest absolute Gasteiger partial charge is 0.251 e. The summed E-state index contributed by atoms with van der Waals surface area (Å²) < 4.78 is 5.32. The van der Waals surface area contributed by atoms with Crippen molar-refractivity contribution in [1.82, 2.24) is 9.97 Å². The highest BCUT2D eigenvalue weighted by Crippen LogP contribution is 2.16. The Kier molecular flexibility index (Phi) is 3.39. The molecule has 1 atom stereocenters. The normalized spacial score (nSPS) is 20.6. The molecule has 88 valence electrons. The van der Waals surface area contributed by atoms with E-state index in [1.165, 1.54) is 0 Å². The Morgan fingerprint density at radius 3 is 3.06 bits per heavy atom. The lowest BCUT2D eigenvalue weighted by Crippen LogP contribution is -2.16. The van der Waals surface area contributed by atoms with Crippen LogP contribution < -0.4 is 5.56 Å². The van der Waals surface area contributed by atoms with Gasteiger partial charge in [-0.2, -0.15) is 0 Å². The molecule has 1 unspecified atom stereocenters. The van der Waals surface area contributed by atoms with Gasteiger partial charge in [-0.3, -0.25) is 4.79 Å². The highest BCUT2D eigenvalue weighted by Gasteiger charge is 2.17. The molecule has 1 aliphatic rings. The molecule has 2 rings (SSSR count). The summed E-state index contributed by atoms with van der Waals surface area (Å²) in [6.07, 6.45) is 1.88. The Labute approximate surface area is 95.1 Å². The minimum Gasteiger partial charge on any atom is -0.381 e. The molecule has 0 saturated carbocycles. The number of H-pyrrole nitrogens is 1. The molecule has 0 spiro atoms. The fourth-order valence-electron chi connectivity index (χ4n) is 1.94. The Balaban J connectivity index is 2.16. The van der Waals surface area contributed by atoms with Gasteiger partial charge in [0.15, 0.2) is 0 Å². The summed E-state index contributed by atoms with van der Waals surface area (Å²) in [5, 5.41) is 0. The maximum atomic E-state index is 11.5. The number of nitrogens with one attached hydrogen (secondary N) is 1. The van der Waals surface area contributed by atoms with Gasteiger partial charge in [0.1, 0.15) is 5.82 Å². The second-order valence-corrected chi connectivity index (χ2v) is 4.71. The van der Waals surface area contributed by atoms with Gasteiger partial charge in [-0.15, -0.1) is 0 Å². The van der Waals surface area contributed by atoms with E-state index in [4.69, 9.17) is 4.74 Å². The monoisotopic (exact) mass is 222 g/mol. The quantitative estimate of drug-likeness (QED) is 0.842. The molecular weight excluding hydrogens is 204 g/mol. The van der Waals surface area contributed by atoms with Crippen LogP contribution in [0.5, 0.6) is 0 Å². The first-order valence-corrected chi connectivity index (χ1v) is 5.83. The summed E-state index contributed by atoms with van der Waals surface area (Å²) in [6, 6.07) is 1.58. The lowest BCUT2D eigenvalue weighted by atomic mass is 10.0. The van der Waals surface area contributed by atoms with Gasteiger partial charge in [0, 0.05) is 25.7 Å². The molecule has 2 heterocycles. The molecule has 0 aliphatic carbocycles. The van der Waals surface area contributed by atoms with Crippen LogP contribution in [-0.4, -0.2) is 23.2 Å². The number of aromatic nitrogens is 2. The molecule has 0 radical (unpaired) electrons. The van der Waals surface area contributed by atoms with Gasteiger partial charge in [-0.05, 0) is 18.3 Å². The number of rotatable bonds is 3. The third-order valence-electron chi connectivity index (χ3n) is 2.91. The van der Waals surface area contributed by atoms with Crippen molar-refractivity contribution in [3.05, 3.63) is 27.9 Å². The van der Waals surface area contributed by atoms with E-state index in [2.05, 4.69) is 9.97 Å². The zero-order valence-electron chi connectivity index (χ0n) is 9.82. The molecule has 0 bridgehead atoms. The third kappa shape index (κ3) is 2.70. The first-order chi connectivity index (χ1) is 7.65. The highest BCUT2D eigenvalue weighted by molar-refractivity contribution is 5.07. The second kappa shape index (κ2) is 4.78. The zero-order chi connectivity index (χ0) is 11.5.